The van der Waals surface area contributed by atoms with E-state index in [0.717, 1.165) is 6.42 Å². The number of halogens is 1. The first kappa shape index (κ1) is 11.1. The molecule has 0 amide bonds. The number of hydrogen-bond donors (Lipinski definition) is 0. The van der Waals surface area contributed by atoms with E-state index in [1.807, 2.05) is 11.3 Å². The molecule has 0 saturated carbocycles. The van der Waals surface area contributed by atoms with Crippen molar-refractivity contribution in [1.82, 2.24) is 0 Å². The quantitative estimate of drug-likeness (QED) is 0.632. The summed E-state index contributed by atoms with van der Waals surface area (Å²) in [5, 5.41) is 0.137. The zero-order valence-corrected chi connectivity index (χ0v) is 10.3. The van der Waals surface area contributed by atoms with Crippen LogP contribution < -0.4 is 0 Å². The highest BCUT2D eigenvalue weighted by molar-refractivity contribution is 7.12. The molecule has 13 heavy (non-hydrogen) atoms. The molecular formula is C11H17ClS. The highest BCUT2D eigenvalue weighted by atomic mass is 35.5. The van der Waals surface area contributed by atoms with Crippen LogP contribution in [-0.4, -0.2) is 0 Å². The summed E-state index contributed by atoms with van der Waals surface area (Å²) in [6.45, 7) is 8.71. The Labute approximate surface area is 89.9 Å². The van der Waals surface area contributed by atoms with Crippen LogP contribution in [0.1, 0.15) is 42.8 Å². The Hall–Kier alpha value is -0.0100. The molecule has 2 heteroatoms. The third kappa shape index (κ3) is 2.72. The number of alkyl halides is 1. The van der Waals surface area contributed by atoms with Crippen LogP contribution in [0.3, 0.4) is 0 Å². The minimum atomic E-state index is 0.137. The molecule has 0 radical (unpaired) electrons. The normalized spacial score (nSPS) is 14.5. The van der Waals surface area contributed by atoms with Gasteiger partial charge in [-0.2, -0.15) is 0 Å². The molecule has 1 heterocycles. The molecule has 74 valence electrons. The van der Waals surface area contributed by atoms with Gasteiger partial charge in [-0.3, -0.25) is 0 Å². The molecule has 0 aliphatic heterocycles. The molecular weight excluding hydrogens is 200 g/mol. The average molecular weight is 217 g/mol. The van der Waals surface area contributed by atoms with E-state index in [9.17, 15) is 0 Å². The molecule has 0 aliphatic rings. The summed E-state index contributed by atoms with van der Waals surface area (Å²) >= 11 is 8.20. The third-order valence-corrected chi connectivity index (χ3v) is 4.35. The van der Waals surface area contributed by atoms with E-state index in [4.69, 9.17) is 11.6 Å². The Morgan fingerprint density at radius 2 is 2.00 bits per heavy atom. The number of aryl methyl sites for hydroxylation is 1. The Morgan fingerprint density at radius 1 is 1.38 bits per heavy atom. The maximum Gasteiger partial charge on any atom is 0.0726 e. The van der Waals surface area contributed by atoms with Crippen molar-refractivity contribution in [2.45, 2.75) is 39.5 Å². The maximum atomic E-state index is 6.36. The maximum absolute atomic E-state index is 6.36. The molecule has 0 N–H and O–H groups in total. The van der Waals surface area contributed by atoms with Gasteiger partial charge in [0.1, 0.15) is 0 Å². The first-order valence-corrected chi connectivity index (χ1v) is 5.93. The molecule has 0 aromatic carbocycles. The standard InChI is InChI=1S/C11H17ClS/c1-5-8-6-7-9(13-8)10(12)11(2,3)4/h6-7,10H,5H2,1-4H3. The van der Waals surface area contributed by atoms with Crippen molar-refractivity contribution >= 4 is 22.9 Å². The summed E-state index contributed by atoms with van der Waals surface area (Å²) in [4.78, 5) is 2.72. The summed E-state index contributed by atoms with van der Waals surface area (Å²) < 4.78 is 0. The van der Waals surface area contributed by atoms with E-state index in [1.165, 1.54) is 9.75 Å². The van der Waals surface area contributed by atoms with Crippen LogP contribution >= 0.6 is 22.9 Å². The lowest BCUT2D eigenvalue weighted by atomic mass is 9.91. The second-order valence-corrected chi connectivity index (χ2v) is 6.02. The SMILES string of the molecule is CCc1ccc(C(Cl)C(C)(C)C)s1. The van der Waals surface area contributed by atoms with Crippen molar-refractivity contribution < 1.29 is 0 Å². The van der Waals surface area contributed by atoms with E-state index in [0.29, 0.717) is 0 Å². The van der Waals surface area contributed by atoms with Crippen molar-refractivity contribution in [2.24, 2.45) is 5.41 Å². The number of thiophene rings is 1. The van der Waals surface area contributed by atoms with Gasteiger partial charge < -0.3 is 0 Å². The zero-order valence-electron chi connectivity index (χ0n) is 8.73. The Bertz CT molecular complexity index is 270. The Kier molecular flexibility index (Phi) is 3.42. The van der Waals surface area contributed by atoms with Crippen LogP contribution in [0.2, 0.25) is 0 Å². The van der Waals surface area contributed by atoms with E-state index in [2.05, 4.69) is 39.8 Å². The van der Waals surface area contributed by atoms with Gasteiger partial charge in [-0.15, -0.1) is 22.9 Å². The van der Waals surface area contributed by atoms with Crippen LogP contribution in [0, 0.1) is 5.41 Å². The highest BCUT2D eigenvalue weighted by Gasteiger charge is 2.24. The molecule has 0 spiro atoms. The van der Waals surface area contributed by atoms with Gasteiger partial charge in [-0.25, -0.2) is 0 Å². The first-order valence-electron chi connectivity index (χ1n) is 4.68. The zero-order chi connectivity index (χ0) is 10.1. The van der Waals surface area contributed by atoms with Gasteiger partial charge in [-0.05, 0) is 24.0 Å². The monoisotopic (exact) mass is 216 g/mol. The second-order valence-electron chi connectivity index (χ2n) is 4.39. The van der Waals surface area contributed by atoms with Gasteiger partial charge in [0.05, 0.1) is 5.38 Å². The molecule has 1 rings (SSSR count). The molecule has 0 fully saturated rings. The number of hydrogen-bond acceptors (Lipinski definition) is 1. The molecule has 1 unspecified atom stereocenters. The van der Waals surface area contributed by atoms with Crippen molar-refractivity contribution in [3.63, 3.8) is 0 Å². The van der Waals surface area contributed by atoms with Crippen molar-refractivity contribution in [1.29, 1.82) is 0 Å². The largest absolute Gasteiger partial charge is 0.144 e. The van der Waals surface area contributed by atoms with Gasteiger partial charge >= 0.3 is 0 Å². The first-order chi connectivity index (χ1) is 5.95. The van der Waals surface area contributed by atoms with Crippen LogP contribution in [-0.2, 0) is 6.42 Å². The fraction of sp³-hybridized carbons (Fsp3) is 0.636. The van der Waals surface area contributed by atoms with Gasteiger partial charge in [0.2, 0.25) is 0 Å². The summed E-state index contributed by atoms with van der Waals surface area (Å²) in [5.74, 6) is 0. The van der Waals surface area contributed by atoms with Crippen LogP contribution in [0.4, 0.5) is 0 Å². The lowest BCUT2D eigenvalue weighted by Crippen LogP contribution is -2.11. The van der Waals surface area contributed by atoms with E-state index >= 15 is 0 Å². The van der Waals surface area contributed by atoms with Gasteiger partial charge in [-0.1, -0.05) is 27.7 Å². The summed E-state index contributed by atoms with van der Waals surface area (Å²) in [7, 11) is 0. The van der Waals surface area contributed by atoms with Crippen LogP contribution in [0.25, 0.3) is 0 Å². The molecule has 1 aromatic heterocycles. The molecule has 1 atom stereocenters. The van der Waals surface area contributed by atoms with Gasteiger partial charge in [0.15, 0.2) is 0 Å². The number of rotatable bonds is 2. The summed E-state index contributed by atoms with van der Waals surface area (Å²) in [6, 6.07) is 4.34. The van der Waals surface area contributed by atoms with Gasteiger partial charge in [0.25, 0.3) is 0 Å². The second kappa shape index (κ2) is 4.02. The fourth-order valence-corrected chi connectivity index (χ4v) is 2.53. The molecule has 0 bridgehead atoms. The van der Waals surface area contributed by atoms with E-state index < -0.39 is 0 Å². The Morgan fingerprint density at radius 3 is 2.38 bits per heavy atom. The van der Waals surface area contributed by atoms with Crippen molar-refractivity contribution in [3.05, 3.63) is 21.9 Å². The van der Waals surface area contributed by atoms with Crippen molar-refractivity contribution in [2.75, 3.05) is 0 Å². The lowest BCUT2D eigenvalue weighted by Gasteiger charge is -2.23. The van der Waals surface area contributed by atoms with E-state index in [-0.39, 0.29) is 10.8 Å². The smallest absolute Gasteiger partial charge is 0.0726 e. The average Bonchev–Trinajstić information content (AvgIpc) is 2.48. The fourth-order valence-electron chi connectivity index (χ4n) is 1.15. The van der Waals surface area contributed by atoms with E-state index in [1.54, 1.807) is 0 Å². The summed E-state index contributed by atoms with van der Waals surface area (Å²) in [5.41, 5.74) is 0.150. The van der Waals surface area contributed by atoms with Crippen molar-refractivity contribution in [3.8, 4) is 0 Å². The molecule has 0 saturated heterocycles. The molecule has 0 nitrogen and oxygen atoms in total. The topological polar surface area (TPSA) is 0 Å². The minimum Gasteiger partial charge on any atom is -0.144 e. The minimum absolute atomic E-state index is 0.137. The predicted molar refractivity (Wildman–Crippen MR) is 61.7 cm³/mol. The third-order valence-electron chi connectivity index (χ3n) is 2.04. The highest BCUT2D eigenvalue weighted by Crippen LogP contribution is 2.41. The lowest BCUT2D eigenvalue weighted by molar-refractivity contribution is 0.399. The van der Waals surface area contributed by atoms with Crippen LogP contribution in [0.15, 0.2) is 12.1 Å². The molecule has 0 aliphatic carbocycles. The molecule has 1 aromatic rings. The van der Waals surface area contributed by atoms with Crippen LogP contribution in [0.5, 0.6) is 0 Å². The predicted octanol–water partition coefficient (Wildman–Crippen LogP) is 4.64. The Balaban J connectivity index is 2.83. The summed E-state index contributed by atoms with van der Waals surface area (Å²) in [6.07, 6.45) is 1.11. The van der Waals surface area contributed by atoms with Gasteiger partial charge in [0, 0.05) is 9.75 Å².